The monoisotopic (exact) mass is 443 g/mol. The van der Waals surface area contributed by atoms with Gasteiger partial charge in [0, 0.05) is 30.4 Å². The molecular weight excluding hydrogens is 424 g/mol. The Kier molecular flexibility index (Phi) is 6.17. The number of benzene rings is 2. The van der Waals surface area contributed by atoms with Crippen LogP contribution in [0, 0.1) is 11.6 Å². The lowest BCUT2D eigenvalue weighted by Crippen LogP contribution is -2.41. The number of likely N-dealkylation sites (tertiary alicyclic amines) is 1. The van der Waals surface area contributed by atoms with Gasteiger partial charge in [-0.05, 0) is 61.4 Å². The van der Waals surface area contributed by atoms with Crippen LogP contribution in [-0.2, 0) is 0 Å². The molecule has 10 heteroatoms. The number of aromatic nitrogens is 2. The van der Waals surface area contributed by atoms with E-state index in [1.807, 2.05) is 0 Å². The van der Waals surface area contributed by atoms with Gasteiger partial charge in [0.2, 0.25) is 5.01 Å². The Morgan fingerprint density at radius 2 is 1.55 bits per heavy atom. The van der Waals surface area contributed by atoms with E-state index in [4.69, 9.17) is 0 Å². The lowest BCUT2D eigenvalue weighted by molar-refractivity contribution is 0.102. The predicted molar refractivity (Wildman–Crippen MR) is 113 cm³/mol. The van der Waals surface area contributed by atoms with Crippen molar-refractivity contribution in [3.63, 3.8) is 0 Å². The van der Waals surface area contributed by atoms with Crippen LogP contribution >= 0.6 is 11.3 Å². The highest BCUT2D eigenvalue weighted by Crippen LogP contribution is 2.29. The maximum Gasteiger partial charge on any atom is 0.321 e. The van der Waals surface area contributed by atoms with Crippen LogP contribution in [0.15, 0.2) is 48.5 Å². The van der Waals surface area contributed by atoms with Gasteiger partial charge in [-0.25, -0.2) is 13.6 Å². The zero-order valence-corrected chi connectivity index (χ0v) is 17.2. The largest absolute Gasteiger partial charge is 0.324 e. The van der Waals surface area contributed by atoms with Crippen molar-refractivity contribution in [3.05, 3.63) is 70.2 Å². The molecule has 3 amide bonds. The van der Waals surface area contributed by atoms with Crippen molar-refractivity contribution in [2.45, 2.75) is 18.8 Å². The van der Waals surface area contributed by atoms with Gasteiger partial charge in [-0.1, -0.05) is 11.3 Å². The Labute approximate surface area is 181 Å². The number of hydrogen-bond donors (Lipinski definition) is 2. The van der Waals surface area contributed by atoms with Crippen molar-refractivity contribution in [1.82, 2.24) is 15.1 Å². The van der Waals surface area contributed by atoms with Crippen LogP contribution in [0.5, 0.6) is 0 Å². The number of nitrogens with zero attached hydrogens (tertiary/aromatic N) is 3. The third-order valence-corrected chi connectivity index (χ3v) is 5.97. The molecule has 1 aromatic heterocycles. The summed E-state index contributed by atoms with van der Waals surface area (Å²) in [5, 5.41) is 14.4. The fraction of sp³-hybridized carbons (Fsp3) is 0.238. The average Bonchev–Trinajstić information content (AvgIpc) is 3.28. The lowest BCUT2D eigenvalue weighted by atomic mass is 9.99. The van der Waals surface area contributed by atoms with Crippen LogP contribution in [-0.4, -0.2) is 40.1 Å². The van der Waals surface area contributed by atoms with Gasteiger partial charge in [-0.15, -0.1) is 10.2 Å². The van der Waals surface area contributed by atoms with E-state index in [9.17, 15) is 18.4 Å². The number of rotatable bonds is 4. The van der Waals surface area contributed by atoms with Crippen molar-refractivity contribution in [3.8, 4) is 0 Å². The molecule has 31 heavy (non-hydrogen) atoms. The molecule has 3 aromatic rings. The summed E-state index contributed by atoms with van der Waals surface area (Å²) in [6.07, 6.45) is 1.62. The quantitative estimate of drug-likeness (QED) is 0.622. The van der Waals surface area contributed by atoms with E-state index in [1.165, 1.54) is 59.9 Å². The van der Waals surface area contributed by atoms with E-state index in [-0.39, 0.29) is 28.6 Å². The molecule has 4 rings (SSSR count). The number of urea groups is 1. The third-order valence-electron chi connectivity index (χ3n) is 4.89. The number of amides is 3. The van der Waals surface area contributed by atoms with Crippen molar-refractivity contribution >= 4 is 34.6 Å². The summed E-state index contributed by atoms with van der Waals surface area (Å²) in [6.45, 7) is 1.04. The zero-order valence-electron chi connectivity index (χ0n) is 16.3. The van der Waals surface area contributed by atoms with Gasteiger partial charge in [0.05, 0.1) is 0 Å². The maximum atomic E-state index is 13.0. The van der Waals surface area contributed by atoms with E-state index in [0.29, 0.717) is 29.5 Å². The van der Waals surface area contributed by atoms with E-state index < -0.39 is 5.91 Å². The number of halogens is 2. The molecule has 0 unspecified atom stereocenters. The van der Waals surface area contributed by atoms with Crippen molar-refractivity contribution in [2.75, 3.05) is 23.7 Å². The molecule has 1 aliphatic rings. The minimum absolute atomic E-state index is 0.0300. The lowest BCUT2D eigenvalue weighted by Gasteiger charge is -2.31. The molecule has 0 saturated carbocycles. The van der Waals surface area contributed by atoms with Crippen LogP contribution in [0.3, 0.4) is 0 Å². The summed E-state index contributed by atoms with van der Waals surface area (Å²) >= 11 is 1.18. The summed E-state index contributed by atoms with van der Waals surface area (Å²) < 4.78 is 26.0. The SMILES string of the molecule is O=C(Nc1ccc(F)cc1)c1nnc([C@H]2CCCN(C(=O)Nc3ccc(F)cc3)C2)s1. The molecule has 2 aromatic carbocycles. The van der Waals surface area contributed by atoms with Gasteiger partial charge in [0.25, 0.3) is 5.91 Å². The first-order valence-corrected chi connectivity index (χ1v) is 10.5. The fourth-order valence-electron chi connectivity index (χ4n) is 3.31. The third kappa shape index (κ3) is 5.21. The summed E-state index contributed by atoms with van der Waals surface area (Å²) in [5.41, 5.74) is 0.980. The van der Waals surface area contributed by atoms with Crippen LogP contribution in [0.2, 0.25) is 0 Å². The molecule has 0 bridgehead atoms. The van der Waals surface area contributed by atoms with Gasteiger partial charge in [-0.2, -0.15) is 0 Å². The molecule has 0 radical (unpaired) electrons. The Bertz CT molecular complexity index is 1070. The van der Waals surface area contributed by atoms with E-state index >= 15 is 0 Å². The Morgan fingerprint density at radius 3 is 2.19 bits per heavy atom. The maximum absolute atomic E-state index is 13.0. The van der Waals surface area contributed by atoms with Gasteiger partial charge < -0.3 is 15.5 Å². The number of carbonyl (C=O) groups is 2. The summed E-state index contributed by atoms with van der Waals surface area (Å²) in [5.74, 6) is -1.21. The number of carbonyl (C=O) groups excluding carboxylic acids is 2. The first-order valence-electron chi connectivity index (χ1n) is 9.70. The number of hydrogen-bond acceptors (Lipinski definition) is 5. The highest BCUT2D eigenvalue weighted by Gasteiger charge is 2.28. The Hall–Kier alpha value is -3.40. The smallest absolute Gasteiger partial charge is 0.321 e. The molecule has 1 saturated heterocycles. The highest BCUT2D eigenvalue weighted by molar-refractivity contribution is 7.13. The van der Waals surface area contributed by atoms with Crippen molar-refractivity contribution in [1.29, 1.82) is 0 Å². The average molecular weight is 443 g/mol. The summed E-state index contributed by atoms with van der Waals surface area (Å²) in [6, 6.07) is 10.8. The van der Waals surface area contributed by atoms with Gasteiger partial charge >= 0.3 is 6.03 Å². The number of piperidine rings is 1. The number of anilines is 2. The predicted octanol–water partition coefficient (Wildman–Crippen LogP) is 4.48. The Morgan fingerprint density at radius 1 is 0.935 bits per heavy atom. The van der Waals surface area contributed by atoms with E-state index in [1.54, 1.807) is 4.90 Å². The second-order valence-corrected chi connectivity index (χ2v) is 8.14. The molecule has 0 aliphatic carbocycles. The summed E-state index contributed by atoms with van der Waals surface area (Å²) in [4.78, 5) is 26.6. The molecule has 1 atom stereocenters. The first kappa shape index (κ1) is 20.9. The van der Waals surface area contributed by atoms with E-state index in [2.05, 4.69) is 20.8 Å². The van der Waals surface area contributed by atoms with Crippen LogP contribution in [0.25, 0.3) is 0 Å². The topological polar surface area (TPSA) is 87.2 Å². The summed E-state index contributed by atoms with van der Waals surface area (Å²) in [7, 11) is 0. The fourth-order valence-corrected chi connectivity index (χ4v) is 4.17. The molecule has 2 N–H and O–H groups in total. The Balaban J connectivity index is 1.37. The standard InChI is InChI=1S/C21H19F2N5O2S/c22-14-3-7-16(8-4-14)24-18(29)20-27-26-19(31-20)13-2-1-11-28(12-13)21(30)25-17-9-5-15(23)6-10-17/h3-10,13H,1-2,11-12H2,(H,24,29)(H,25,30)/t13-/m0/s1. The van der Waals surface area contributed by atoms with Gasteiger partial charge in [-0.3, -0.25) is 4.79 Å². The molecule has 1 aliphatic heterocycles. The molecule has 2 heterocycles. The molecule has 1 fully saturated rings. The van der Waals surface area contributed by atoms with Crippen molar-refractivity contribution in [2.24, 2.45) is 0 Å². The van der Waals surface area contributed by atoms with Gasteiger partial charge in [0.1, 0.15) is 16.6 Å². The second-order valence-electron chi connectivity index (χ2n) is 7.13. The van der Waals surface area contributed by atoms with Crippen LogP contribution in [0.1, 0.15) is 33.6 Å². The molecule has 7 nitrogen and oxygen atoms in total. The molecular formula is C21H19F2N5O2S. The second kappa shape index (κ2) is 9.17. The minimum atomic E-state index is -0.419. The van der Waals surface area contributed by atoms with E-state index in [0.717, 1.165) is 12.8 Å². The molecule has 0 spiro atoms. The first-order chi connectivity index (χ1) is 15.0. The zero-order chi connectivity index (χ0) is 21.8. The van der Waals surface area contributed by atoms with Crippen molar-refractivity contribution < 1.29 is 18.4 Å². The molecule has 160 valence electrons. The minimum Gasteiger partial charge on any atom is -0.324 e. The van der Waals surface area contributed by atoms with Crippen LogP contribution < -0.4 is 10.6 Å². The van der Waals surface area contributed by atoms with Crippen LogP contribution in [0.4, 0.5) is 25.0 Å². The highest BCUT2D eigenvalue weighted by atomic mass is 32.1. The van der Waals surface area contributed by atoms with Gasteiger partial charge in [0.15, 0.2) is 0 Å². The number of nitrogens with one attached hydrogen (secondary N) is 2. The normalized spacial score (nSPS) is 16.1.